The minimum absolute atomic E-state index is 0.0737. The molecule has 1 aliphatic rings. The lowest BCUT2D eigenvalue weighted by molar-refractivity contribution is 0.230. The van der Waals surface area contributed by atoms with Crippen molar-refractivity contribution in [1.82, 2.24) is 0 Å². The van der Waals surface area contributed by atoms with Gasteiger partial charge in [-0.1, -0.05) is 17.7 Å². The van der Waals surface area contributed by atoms with Crippen LogP contribution in [0.4, 0.5) is 0 Å². The molecule has 0 bridgehead atoms. The maximum absolute atomic E-state index is 11.0. The molecule has 0 aliphatic carbocycles. The molecule has 0 saturated carbocycles. The standard InChI is InChI=1S/C12H16ClNO3S/c1-8(14)4-9-2-3-12(11(13)5-9)17-10-6-18(15,16)7-10/h2-3,5,8,10H,4,6-7,14H2,1H3. The van der Waals surface area contributed by atoms with E-state index in [0.717, 1.165) is 12.0 Å². The third-order valence-electron chi connectivity index (χ3n) is 2.73. The second-order valence-corrected chi connectivity index (χ2v) is 7.32. The molecule has 2 rings (SSSR count). The van der Waals surface area contributed by atoms with Crippen LogP contribution in [0.3, 0.4) is 0 Å². The quantitative estimate of drug-likeness (QED) is 0.910. The van der Waals surface area contributed by atoms with Crippen LogP contribution in [0.1, 0.15) is 12.5 Å². The number of halogens is 1. The second-order valence-electron chi connectivity index (χ2n) is 4.76. The average molecular weight is 290 g/mol. The van der Waals surface area contributed by atoms with Crippen LogP contribution >= 0.6 is 11.6 Å². The van der Waals surface area contributed by atoms with Crippen LogP contribution in [0.2, 0.25) is 5.02 Å². The zero-order valence-electron chi connectivity index (χ0n) is 10.1. The summed E-state index contributed by atoms with van der Waals surface area (Å²) in [4.78, 5) is 0. The largest absolute Gasteiger partial charge is 0.487 e. The summed E-state index contributed by atoms with van der Waals surface area (Å²) in [5.74, 6) is 0.681. The zero-order valence-corrected chi connectivity index (χ0v) is 11.7. The summed E-state index contributed by atoms with van der Waals surface area (Å²) in [6.07, 6.45) is 0.476. The highest BCUT2D eigenvalue weighted by Crippen LogP contribution is 2.29. The summed E-state index contributed by atoms with van der Waals surface area (Å²) in [7, 11) is -2.87. The minimum Gasteiger partial charge on any atom is -0.487 e. The highest BCUT2D eigenvalue weighted by molar-refractivity contribution is 7.92. The van der Waals surface area contributed by atoms with Crippen molar-refractivity contribution in [3.05, 3.63) is 28.8 Å². The summed E-state index contributed by atoms with van der Waals surface area (Å²) in [6, 6.07) is 5.56. The Hall–Kier alpha value is -0.780. The van der Waals surface area contributed by atoms with Crippen LogP contribution < -0.4 is 10.5 Å². The van der Waals surface area contributed by atoms with E-state index < -0.39 is 9.84 Å². The monoisotopic (exact) mass is 289 g/mol. The molecule has 18 heavy (non-hydrogen) atoms. The molecule has 1 fully saturated rings. The van der Waals surface area contributed by atoms with Gasteiger partial charge in [-0.25, -0.2) is 8.42 Å². The first-order valence-corrected chi connectivity index (χ1v) is 7.97. The molecule has 2 N–H and O–H groups in total. The SMILES string of the molecule is CC(N)Cc1ccc(OC2CS(=O)(=O)C2)c(Cl)c1. The molecular formula is C12H16ClNO3S. The Morgan fingerprint density at radius 3 is 2.67 bits per heavy atom. The summed E-state index contributed by atoms with van der Waals surface area (Å²) < 4.78 is 27.6. The van der Waals surface area contributed by atoms with E-state index in [9.17, 15) is 8.42 Å². The molecule has 0 radical (unpaired) electrons. The number of sulfone groups is 1. The smallest absolute Gasteiger partial charge is 0.157 e. The van der Waals surface area contributed by atoms with E-state index in [2.05, 4.69) is 0 Å². The third kappa shape index (κ3) is 3.37. The number of hydrogen-bond donors (Lipinski definition) is 1. The fourth-order valence-corrected chi connectivity index (χ4v) is 3.32. The van der Waals surface area contributed by atoms with Gasteiger partial charge in [-0.15, -0.1) is 0 Å². The van der Waals surface area contributed by atoms with Crippen LogP contribution in [-0.2, 0) is 16.3 Å². The second kappa shape index (κ2) is 5.07. The van der Waals surface area contributed by atoms with E-state index in [4.69, 9.17) is 22.1 Å². The summed E-state index contributed by atoms with van der Waals surface area (Å²) in [5.41, 5.74) is 6.76. The van der Waals surface area contributed by atoms with Crippen molar-refractivity contribution in [3.8, 4) is 5.75 Å². The number of nitrogens with two attached hydrogens (primary N) is 1. The maximum Gasteiger partial charge on any atom is 0.157 e. The van der Waals surface area contributed by atoms with Gasteiger partial charge in [-0.2, -0.15) is 0 Å². The van der Waals surface area contributed by atoms with Gasteiger partial charge < -0.3 is 10.5 Å². The summed E-state index contributed by atoms with van der Waals surface area (Å²) in [6.45, 7) is 1.93. The molecule has 100 valence electrons. The molecule has 4 nitrogen and oxygen atoms in total. The summed E-state index contributed by atoms with van der Waals surface area (Å²) >= 11 is 6.09. The topological polar surface area (TPSA) is 69.4 Å². The Bertz CT molecular complexity index is 530. The Kier molecular flexibility index (Phi) is 3.84. The molecule has 1 aromatic carbocycles. The van der Waals surface area contributed by atoms with Gasteiger partial charge in [-0.05, 0) is 31.0 Å². The zero-order chi connectivity index (χ0) is 13.3. The number of hydrogen-bond acceptors (Lipinski definition) is 4. The normalized spacial score (nSPS) is 20.2. The van der Waals surface area contributed by atoms with E-state index in [1.165, 1.54) is 0 Å². The Morgan fingerprint density at radius 1 is 1.50 bits per heavy atom. The first-order valence-electron chi connectivity index (χ1n) is 5.77. The summed E-state index contributed by atoms with van der Waals surface area (Å²) in [5, 5.41) is 0.498. The van der Waals surface area contributed by atoms with Gasteiger partial charge >= 0.3 is 0 Å². The third-order valence-corrected chi connectivity index (χ3v) is 4.78. The van der Waals surface area contributed by atoms with Gasteiger partial charge in [0.15, 0.2) is 9.84 Å². The van der Waals surface area contributed by atoms with Crippen molar-refractivity contribution >= 4 is 21.4 Å². The predicted molar refractivity (Wildman–Crippen MR) is 71.9 cm³/mol. The van der Waals surface area contributed by atoms with Crippen molar-refractivity contribution in [2.75, 3.05) is 11.5 Å². The number of ether oxygens (including phenoxy) is 1. The molecule has 0 amide bonds. The van der Waals surface area contributed by atoms with Gasteiger partial charge in [0.25, 0.3) is 0 Å². The van der Waals surface area contributed by atoms with Crippen molar-refractivity contribution in [1.29, 1.82) is 0 Å². The van der Waals surface area contributed by atoms with Gasteiger partial charge in [0, 0.05) is 6.04 Å². The van der Waals surface area contributed by atoms with Crippen LogP contribution in [0.15, 0.2) is 18.2 Å². The molecule has 0 aromatic heterocycles. The van der Waals surface area contributed by atoms with Crippen LogP contribution in [0.5, 0.6) is 5.75 Å². The fraction of sp³-hybridized carbons (Fsp3) is 0.500. The van der Waals surface area contributed by atoms with Crippen LogP contribution in [-0.4, -0.2) is 32.1 Å². The first kappa shape index (κ1) is 13.6. The molecule has 1 unspecified atom stereocenters. The average Bonchev–Trinajstić information content (AvgIpc) is 2.18. The molecule has 1 aromatic rings. The highest BCUT2D eigenvalue weighted by atomic mass is 35.5. The van der Waals surface area contributed by atoms with Crippen molar-refractivity contribution in [2.45, 2.75) is 25.5 Å². The Balaban J connectivity index is 2.02. The van der Waals surface area contributed by atoms with Gasteiger partial charge in [0.2, 0.25) is 0 Å². The number of benzene rings is 1. The fourth-order valence-electron chi connectivity index (χ4n) is 1.90. The van der Waals surface area contributed by atoms with Crippen molar-refractivity contribution < 1.29 is 13.2 Å². The van der Waals surface area contributed by atoms with E-state index in [1.807, 2.05) is 19.1 Å². The minimum atomic E-state index is -2.87. The van der Waals surface area contributed by atoms with E-state index in [1.54, 1.807) is 6.07 Å². The molecule has 1 saturated heterocycles. The van der Waals surface area contributed by atoms with Gasteiger partial charge in [-0.3, -0.25) is 0 Å². The molecule has 1 atom stereocenters. The molecule has 1 heterocycles. The lowest BCUT2D eigenvalue weighted by Crippen LogP contribution is -2.45. The van der Waals surface area contributed by atoms with Crippen LogP contribution in [0.25, 0.3) is 0 Å². The lowest BCUT2D eigenvalue weighted by atomic mass is 10.1. The van der Waals surface area contributed by atoms with E-state index in [-0.39, 0.29) is 23.7 Å². The maximum atomic E-state index is 11.0. The first-order chi connectivity index (χ1) is 8.35. The van der Waals surface area contributed by atoms with Crippen LogP contribution in [0, 0.1) is 0 Å². The highest BCUT2D eigenvalue weighted by Gasteiger charge is 2.35. The lowest BCUT2D eigenvalue weighted by Gasteiger charge is -2.27. The van der Waals surface area contributed by atoms with E-state index >= 15 is 0 Å². The van der Waals surface area contributed by atoms with Gasteiger partial charge in [0.05, 0.1) is 16.5 Å². The number of rotatable bonds is 4. The van der Waals surface area contributed by atoms with Crippen molar-refractivity contribution in [3.63, 3.8) is 0 Å². The molecular weight excluding hydrogens is 274 g/mol. The Morgan fingerprint density at radius 2 is 2.17 bits per heavy atom. The molecule has 6 heteroatoms. The molecule has 1 aliphatic heterocycles. The Labute approximate surface area is 112 Å². The molecule has 0 spiro atoms. The van der Waals surface area contributed by atoms with Crippen molar-refractivity contribution in [2.24, 2.45) is 5.73 Å². The predicted octanol–water partition coefficient (Wildman–Crippen LogP) is 1.41. The van der Waals surface area contributed by atoms with E-state index in [0.29, 0.717) is 10.8 Å². The van der Waals surface area contributed by atoms with Gasteiger partial charge in [0.1, 0.15) is 11.9 Å².